The van der Waals surface area contributed by atoms with Gasteiger partial charge in [-0.05, 0) is 68.1 Å². The fraction of sp³-hybridized carbons (Fsp3) is 0.312. The van der Waals surface area contributed by atoms with Crippen LogP contribution < -0.4 is 4.90 Å². The van der Waals surface area contributed by atoms with E-state index in [9.17, 15) is 9.59 Å². The van der Waals surface area contributed by atoms with E-state index in [4.69, 9.17) is 16.3 Å². The van der Waals surface area contributed by atoms with Gasteiger partial charge in [-0.3, -0.25) is 9.59 Å². The predicted octanol–water partition coefficient (Wildman–Crippen LogP) is 5.80. The molecule has 206 valence electrons. The van der Waals surface area contributed by atoms with Crippen LogP contribution in [0.4, 0.5) is 5.82 Å². The molecule has 1 fully saturated rings. The van der Waals surface area contributed by atoms with Crippen molar-refractivity contribution >= 4 is 40.2 Å². The van der Waals surface area contributed by atoms with Crippen LogP contribution in [0.2, 0.25) is 5.02 Å². The van der Waals surface area contributed by atoms with E-state index in [1.54, 1.807) is 23.4 Å². The van der Waals surface area contributed by atoms with Crippen LogP contribution in [0.25, 0.3) is 22.0 Å². The summed E-state index contributed by atoms with van der Waals surface area (Å²) in [5.74, 6) is -0.812. The van der Waals surface area contributed by atoms with Gasteiger partial charge in [0, 0.05) is 36.6 Å². The second-order valence-corrected chi connectivity index (χ2v) is 11.5. The molecule has 8 heteroatoms. The van der Waals surface area contributed by atoms with Gasteiger partial charge in [-0.25, -0.2) is 9.97 Å². The van der Waals surface area contributed by atoms with Gasteiger partial charge in [0.25, 0.3) is 0 Å². The zero-order valence-corrected chi connectivity index (χ0v) is 23.8. The van der Waals surface area contributed by atoms with E-state index >= 15 is 0 Å². The van der Waals surface area contributed by atoms with E-state index < -0.39 is 17.5 Å². The van der Waals surface area contributed by atoms with Gasteiger partial charge in [0.1, 0.15) is 23.7 Å². The Bertz CT molecular complexity index is 1490. The van der Waals surface area contributed by atoms with Crippen molar-refractivity contribution in [3.63, 3.8) is 0 Å². The second kappa shape index (κ2) is 11.6. The molecule has 1 aliphatic heterocycles. The Hall–Kier alpha value is -3.97. The van der Waals surface area contributed by atoms with Crippen molar-refractivity contribution in [1.29, 1.82) is 0 Å². The molecule has 3 aromatic carbocycles. The van der Waals surface area contributed by atoms with Crippen LogP contribution in [-0.4, -0.2) is 58.5 Å². The van der Waals surface area contributed by atoms with Crippen LogP contribution in [-0.2, 0) is 20.7 Å². The summed E-state index contributed by atoms with van der Waals surface area (Å²) in [6, 6.07) is 23.6. The van der Waals surface area contributed by atoms with E-state index in [-0.39, 0.29) is 12.3 Å². The maximum atomic E-state index is 13.7. The number of piperazine rings is 1. The highest BCUT2D eigenvalue weighted by atomic mass is 35.5. The molecule has 1 unspecified atom stereocenters. The van der Waals surface area contributed by atoms with Crippen LogP contribution in [0, 0.1) is 5.92 Å². The SMILES string of the molecule is CC(C)(C)OC(=O)C(Cc1ccc(Cl)cc1)C(=O)N1CCN(c2ncnc3ccc(-c4ccccc4)cc23)CC1. The second-order valence-electron chi connectivity index (χ2n) is 11.0. The molecule has 1 aromatic heterocycles. The van der Waals surface area contributed by atoms with Gasteiger partial charge in [0.05, 0.1) is 5.52 Å². The summed E-state index contributed by atoms with van der Waals surface area (Å²) in [6.07, 6.45) is 1.84. The number of benzene rings is 3. The van der Waals surface area contributed by atoms with Crippen LogP contribution in [0.15, 0.2) is 79.1 Å². The number of amides is 1. The average Bonchev–Trinajstić information content (AvgIpc) is 2.95. The normalized spacial score (nSPS) is 14.7. The molecule has 40 heavy (non-hydrogen) atoms. The van der Waals surface area contributed by atoms with Crippen LogP contribution in [0.1, 0.15) is 26.3 Å². The molecule has 1 saturated heterocycles. The number of hydrogen-bond acceptors (Lipinski definition) is 6. The number of nitrogens with zero attached hydrogens (tertiary/aromatic N) is 4. The molecule has 1 aliphatic rings. The number of halogens is 1. The van der Waals surface area contributed by atoms with E-state index in [0.717, 1.165) is 33.4 Å². The highest BCUT2D eigenvalue weighted by Gasteiger charge is 2.36. The van der Waals surface area contributed by atoms with Crippen molar-refractivity contribution in [1.82, 2.24) is 14.9 Å². The first-order valence-electron chi connectivity index (χ1n) is 13.5. The Morgan fingerprint density at radius 1 is 0.900 bits per heavy atom. The number of ether oxygens (including phenoxy) is 1. The maximum absolute atomic E-state index is 13.7. The molecular weight excluding hydrogens is 524 g/mol. The highest BCUT2D eigenvalue weighted by Crippen LogP contribution is 2.29. The number of hydrogen-bond donors (Lipinski definition) is 0. The third-order valence-corrected chi connectivity index (χ3v) is 7.21. The molecule has 0 radical (unpaired) electrons. The van der Waals surface area contributed by atoms with Crippen molar-refractivity contribution in [3.8, 4) is 11.1 Å². The third kappa shape index (κ3) is 6.42. The Morgan fingerprint density at radius 2 is 1.60 bits per heavy atom. The molecule has 7 nitrogen and oxygen atoms in total. The van der Waals surface area contributed by atoms with Gasteiger partial charge in [-0.15, -0.1) is 0 Å². The fourth-order valence-corrected chi connectivity index (χ4v) is 5.09. The molecule has 1 atom stereocenters. The number of fused-ring (bicyclic) bond motifs is 1. The molecule has 0 bridgehead atoms. The van der Waals surface area contributed by atoms with E-state index in [2.05, 4.69) is 39.1 Å². The number of anilines is 1. The van der Waals surface area contributed by atoms with Crippen molar-refractivity contribution in [2.45, 2.75) is 32.8 Å². The van der Waals surface area contributed by atoms with Crippen LogP contribution in [0.5, 0.6) is 0 Å². The van der Waals surface area contributed by atoms with Gasteiger partial charge < -0.3 is 14.5 Å². The van der Waals surface area contributed by atoms with Gasteiger partial charge in [0.15, 0.2) is 0 Å². The first-order chi connectivity index (χ1) is 19.2. The Labute approximate surface area is 239 Å². The lowest BCUT2D eigenvalue weighted by Crippen LogP contribution is -2.52. The summed E-state index contributed by atoms with van der Waals surface area (Å²) in [4.78, 5) is 39.9. The molecule has 1 amide bonds. The molecule has 5 rings (SSSR count). The third-order valence-electron chi connectivity index (χ3n) is 6.95. The summed E-state index contributed by atoms with van der Waals surface area (Å²) in [6.45, 7) is 7.56. The molecule has 0 N–H and O–H groups in total. The van der Waals surface area contributed by atoms with Gasteiger partial charge in [-0.1, -0.05) is 60.1 Å². The maximum Gasteiger partial charge on any atom is 0.319 e. The Kier molecular flexibility index (Phi) is 8.03. The van der Waals surface area contributed by atoms with Crippen molar-refractivity contribution in [2.24, 2.45) is 5.92 Å². The van der Waals surface area contributed by atoms with Crippen molar-refractivity contribution in [3.05, 3.63) is 89.7 Å². The van der Waals surface area contributed by atoms with Gasteiger partial charge in [-0.2, -0.15) is 0 Å². The summed E-state index contributed by atoms with van der Waals surface area (Å²) in [5.41, 5.74) is 3.26. The van der Waals surface area contributed by atoms with E-state index in [1.165, 1.54) is 0 Å². The summed E-state index contributed by atoms with van der Waals surface area (Å²) in [7, 11) is 0. The molecule has 2 heterocycles. The highest BCUT2D eigenvalue weighted by molar-refractivity contribution is 6.30. The topological polar surface area (TPSA) is 75.6 Å². The van der Waals surface area contributed by atoms with Gasteiger partial charge in [0.2, 0.25) is 5.91 Å². The number of rotatable bonds is 6. The first kappa shape index (κ1) is 27.6. The molecule has 0 saturated carbocycles. The average molecular weight is 557 g/mol. The lowest BCUT2D eigenvalue weighted by atomic mass is 9.97. The number of carbonyl (C=O) groups excluding carboxylic acids is 2. The largest absolute Gasteiger partial charge is 0.459 e. The summed E-state index contributed by atoms with van der Waals surface area (Å²) >= 11 is 6.04. The minimum atomic E-state index is -0.930. The standard InChI is InChI=1S/C32H33ClN4O3/c1-32(2,3)40-31(39)27(19-22-9-12-25(33)13-10-22)30(38)37-17-15-36(16-18-37)29-26-20-24(23-7-5-4-6-8-23)11-14-28(26)34-21-35-29/h4-14,20-21,27H,15-19H2,1-3H3. The Morgan fingerprint density at radius 3 is 2.27 bits per heavy atom. The van der Waals surface area contributed by atoms with Crippen molar-refractivity contribution in [2.75, 3.05) is 31.1 Å². The van der Waals surface area contributed by atoms with Crippen LogP contribution in [0.3, 0.4) is 0 Å². The van der Waals surface area contributed by atoms with E-state index in [0.29, 0.717) is 31.2 Å². The summed E-state index contributed by atoms with van der Waals surface area (Å²) in [5, 5.41) is 1.58. The van der Waals surface area contributed by atoms with Crippen LogP contribution >= 0.6 is 11.6 Å². The lowest BCUT2D eigenvalue weighted by Gasteiger charge is -2.37. The van der Waals surface area contributed by atoms with Gasteiger partial charge >= 0.3 is 5.97 Å². The molecular formula is C32H33ClN4O3. The first-order valence-corrected chi connectivity index (χ1v) is 13.9. The minimum Gasteiger partial charge on any atom is -0.459 e. The Balaban J connectivity index is 1.34. The quantitative estimate of drug-likeness (QED) is 0.221. The molecule has 0 aliphatic carbocycles. The fourth-order valence-electron chi connectivity index (χ4n) is 4.96. The number of aromatic nitrogens is 2. The predicted molar refractivity (Wildman–Crippen MR) is 158 cm³/mol. The monoisotopic (exact) mass is 556 g/mol. The number of carbonyl (C=O) groups is 2. The lowest BCUT2D eigenvalue weighted by molar-refractivity contribution is -0.164. The molecule has 4 aromatic rings. The minimum absolute atomic E-state index is 0.220. The smallest absolute Gasteiger partial charge is 0.319 e. The van der Waals surface area contributed by atoms with E-state index in [1.807, 2.05) is 57.2 Å². The zero-order valence-electron chi connectivity index (χ0n) is 23.0. The number of esters is 1. The molecule has 0 spiro atoms. The zero-order chi connectivity index (χ0) is 28.3. The van der Waals surface area contributed by atoms with Crippen molar-refractivity contribution < 1.29 is 14.3 Å². The summed E-state index contributed by atoms with van der Waals surface area (Å²) < 4.78 is 5.65.